The van der Waals surface area contributed by atoms with Crippen LogP contribution >= 0.6 is 0 Å². The first-order valence-electron chi connectivity index (χ1n) is 7.47. The zero-order valence-corrected chi connectivity index (χ0v) is 12.8. The lowest BCUT2D eigenvalue weighted by atomic mass is 9.85. The molecule has 116 valence electrons. The van der Waals surface area contributed by atoms with Gasteiger partial charge in [0.25, 0.3) is 0 Å². The van der Waals surface area contributed by atoms with Gasteiger partial charge >= 0.3 is 0 Å². The fraction of sp³-hybridized carbons (Fsp3) is 0.600. The largest absolute Gasteiger partial charge is 0.392 e. The van der Waals surface area contributed by atoms with Crippen molar-refractivity contribution < 1.29 is 13.5 Å². The molecule has 3 aliphatic rings. The first kappa shape index (κ1) is 15.0. The molecular formula is C15H22N2O3S. The van der Waals surface area contributed by atoms with E-state index in [-0.39, 0.29) is 18.4 Å². The van der Waals surface area contributed by atoms with Crippen molar-refractivity contribution >= 4 is 10.0 Å². The molecule has 1 atom stereocenters. The van der Waals surface area contributed by atoms with Gasteiger partial charge in [-0.1, -0.05) is 24.3 Å². The maximum absolute atomic E-state index is 12.3. The number of rotatable bonds is 5. The third kappa shape index (κ3) is 3.63. The lowest BCUT2D eigenvalue weighted by molar-refractivity contribution is 0.0827. The van der Waals surface area contributed by atoms with Crippen molar-refractivity contribution in [2.75, 3.05) is 19.6 Å². The number of nitrogens with zero attached hydrogens (tertiary/aromatic N) is 1. The van der Waals surface area contributed by atoms with Crippen molar-refractivity contribution in [3.8, 4) is 0 Å². The van der Waals surface area contributed by atoms with Crippen molar-refractivity contribution in [1.29, 1.82) is 0 Å². The summed E-state index contributed by atoms with van der Waals surface area (Å²) in [5.74, 6) is 0.489. The van der Waals surface area contributed by atoms with Crippen molar-refractivity contribution in [2.45, 2.75) is 31.2 Å². The molecule has 2 N–H and O–H groups in total. The van der Waals surface area contributed by atoms with Gasteiger partial charge in [-0.2, -0.15) is 0 Å². The molecule has 1 unspecified atom stereocenters. The molecule has 1 aromatic rings. The Bertz CT molecular complexity index is 577. The van der Waals surface area contributed by atoms with Gasteiger partial charge in [-0.15, -0.1) is 0 Å². The van der Waals surface area contributed by atoms with Crippen LogP contribution in [0.15, 0.2) is 24.3 Å². The normalized spacial score (nSPS) is 28.7. The average Bonchev–Trinajstić information content (AvgIpc) is 2.48. The van der Waals surface area contributed by atoms with Crippen LogP contribution < -0.4 is 4.72 Å². The first-order valence-corrected chi connectivity index (χ1v) is 9.12. The summed E-state index contributed by atoms with van der Waals surface area (Å²) in [6.45, 7) is 3.02. The van der Waals surface area contributed by atoms with Gasteiger partial charge in [-0.25, -0.2) is 13.1 Å². The smallest absolute Gasteiger partial charge is 0.216 e. The molecule has 0 spiro atoms. The van der Waals surface area contributed by atoms with E-state index < -0.39 is 10.0 Å². The summed E-state index contributed by atoms with van der Waals surface area (Å²) < 4.78 is 27.5. The third-order valence-electron chi connectivity index (χ3n) is 4.55. The van der Waals surface area contributed by atoms with E-state index in [1.807, 2.05) is 0 Å². The minimum atomic E-state index is -3.32. The lowest BCUT2D eigenvalue weighted by Crippen LogP contribution is -2.57. The highest BCUT2D eigenvalue weighted by atomic mass is 32.2. The number of aliphatic hydroxyl groups excluding tert-OH is 1. The van der Waals surface area contributed by atoms with Gasteiger partial charge in [0.2, 0.25) is 10.0 Å². The Hall–Kier alpha value is -0.950. The van der Waals surface area contributed by atoms with E-state index in [0.29, 0.717) is 5.92 Å². The van der Waals surface area contributed by atoms with Gasteiger partial charge in [0.05, 0.1) is 12.4 Å². The van der Waals surface area contributed by atoms with E-state index in [1.165, 1.54) is 0 Å². The molecule has 0 aliphatic carbocycles. The van der Waals surface area contributed by atoms with Crippen LogP contribution in [0.4, 0.5) is 0 Å². The fourth-order valence-electron chi connectivity index (χ4n) is 3.33. The molecule has 6 heteroatoms. The Morgan fingerprint density at radius 1 is 1.14 bits per heavy atom. The molecule has 3 aliphatic heterocycles. The predicted octanol–water partition coefficient (Wildman–Crippen LogP) is 0.692. The Morgan fingerprint density at radius 3 is 2.29 bits per heavy atom. The van der Waals surface area contributed by atoms with E-state index in [0.717, 1.165) is 43.6 Å². The molecule has 21 heavy (non-hydrogen) atoms. The van der Waals surface area contributed by atoms with Gasteiger partial charge in [0, 0.05) is 12.6 Å². The van der Waals surface area contributed by atoms with Gasteiger partial charge < -0.3 is 10.0 Å². The van der Waals surface area contributed by atoms with Crippen LogP contribution in [0, 0.1) is 5.92 Å². The molecule has 2 bridgehead atoms. The second-order valence-electron chi connectivity index (χ2n) is 6.10. The number of aliphatic hydroxyl groups is 1. The molecular weight excluding hydrogens is 288 g/mol. The number of nitrogens with one attached hydrogen (secondary N) is 1. The molecule has 3 heterocycles. The van der Waals surface area contributed by atoms with Crippen molar-refractivity contribution in [3.05, 3.63) is 35.4 Å². The van der Waals surface area contributed by atoms with Gasteiger partial charge in [-0.3, -0.25) is 0 Å². The molecule has 0 aromatic heterocycles. The summed E-state index contributed by atoms with van der Waals surface area (Å²) in [4.78, 5) is 2.34. The Kier molecular flexibility index (Phi) is 4.31. The van der Waals surface area contributed by atoms with Crippen LogP contribution in [0.3, 0.4) is 0 Å². The summed E-state index contributed by atoms with van der Waals surface area (Å²) in [5, 5.41) is 9.00. The minimum Gasteiger partial charge on any atom is -0.392 e. The van der Waals surface area contributed by atoms with Crippen LogP contribution in [0.1, 0.15) is 24.0 Å². The predicted molar refractivity (Wildman–Crippen MR) is 81.1 cm³/mol. The summed E-state index contributed by atoms with van der Waals surface area (Å²) in [6, 6.07) is 7.12. The summed E-state index contributed by atoms with van der Waals surface area (Å²) in [7, 11) is -3.32. The van der Waals surface area contributed by atoms with Crippen LogP contribution in [0.25, 0.3) is 0 Å². The van der Waals surface area contributed by atoms with Crippen LogP contribution in [0.5, 0.6) is 0 Å². The maximum Gasteiger partial charge on any atom is 0.216 e. The quantitative estimate of drug-likeness (QED) is 0.840. The zero-order chi connectivity index (χ0) is 14.9. The average molecular weight is 310 g/mol. The molecule has 3 saturated heterocycles. The fourth-order valence-corrected chi connectivity index (χ4v) is 4.77. The van der Waals surface area contributed by atoms with Gasteiger partial charge in [0.15, 0.2) is 0 Å². The zero-order valence-electron chi connectivity index (χ0n) is 12.0. The van der Waals surface area contributed by atoms with Crippen LogP contribution in [0.2, 0.25) is 0 Å². The highest BCUT2D eigenvalue weighted by molar-refractivity contribution is 7.88. The summed E-state index contributed by atoms with van der Waals surface area (Å²) >= 11 is 0. The standard InChI is InChI=1S/C15H22N2O3S/c18-10-12-1-3-13(4-2-12)11-21(19,20)16-15-9-17-7-5-14(15)6-8-17/h1-4,14-16,18H,5-11H2. The van der Waals surface area contributed by atoms with Gasteiger partial charge in [-0.05, 0) is 43.0 Å². The number of hydrogen-bond acceptors (Lipinski definition) is 4. The monoisotopic (exact) mass is 310 g/mol. The number of fused-ring (bicyclic) bond motifs is 3. The van der Waals surface area contributed by atoms with E-state index in [4.69, 9.17) is 5.11 Å². The van der Waals surface area contributed by atoms with E-state index in [9.17, 15) is 8.42 Å². The Morgan fingerprint density at radius 2 is 1.76 bits per heavy atom. The first-order chi connectivity index (χ1) is 10.1. The van der Waals surface area contributed by atoms with Crippen molar-refractivity contribution in [3.63, 3.8) is 0 Å². The van der Waals surface area contributed by atoms with E-state index in [2.05, 4.69) is 9.62 Å². The Labute approximate surface area is 126 Å². The number of sulfonamides is 1. The maximum atomic E-state index is 12.3. The molecule has 1 aromatic carbocycles. The molecule has 0 amide bonds. The number of benzene rings is 1. The van der Waals surface area contributed by atoms with Crippen LogP contribution in [-0.4, -0.2) is 44.1 Å². The molecule has 5 nitrogen and oxygen atoms in total. The number of hydrogen-bond donors (Lipinski definition) is 2. The van der Waals surface area contributed by atoms with E-state index >= 15 is 0 Å². The summed E-state index contributed by atoms with van der Waals surface area (Å²) in [5.41, 5.74) is 1.54. The molecule has 3 fully saturated rings. The van der Waals surface area contributed by atoms with E-state index in [1.54, 1.807) is 24.3 Å². The highest BCUT2D eigenvalue weighted by Crippen LogP contribution is 2.28. The van der Waals surface area contributed by atoms with Crippen LogP contribution in [-0.2, 0) is 22.4 Å². The molecule has 0 radical (unpaired) electrons. The third-order valence-corrected chi connectivity index (χ3v) is 5.92. The highest BCUT2D eigenvalue weighted by Gasteiger charge is 2.36. The Balaban J connectivity index is 1.63. The topological polar surface area (TPSA) is 69.6 Å². The lowest BCUT2D eigenvalue weighted by Gasteiger charge is -2.44. The molecule has 0 saturated carbocycles. The molecule has 4 rings (SSSR count). The minimum absolute atomic E-state index is 0.00191. The van der Waals surface area contributed by atoms with Gasteiger partial charge in [0.1, 0.15) is 0 Å². The van der Waals surface area contributed by atoms with Crippen molar-refractivity contribution in [1.82, 2.24) is 9.62 Å². The SMILES string of the molecule is O=S(=O)(Cc1ccc(CO)cc1)NC1CN2CCC1CC2. The summed E-state index contributed by atoms with van der Waals surface area (Å²) in [6.07, 6.45) is 2.19. The number of piperidine rings is 3. The second-order valence-corrected chi connectivity index (χ2v) is 7.85. The van der Waals surface area contributed by atoms with Crippen molar-refractivity contribution in [2.24, 2.45) is 5.92 Å². The second kappa shape index (κ2) is 6.04.